The SMILES string of the molecule is C[C@H](Oc1ccc(C#N)cc1)C(=O)O[C@@H](C)C(=O)c1ccc(F)cc1. The summed E-state index contributed by atoms with van der Waals surface area (Å²) in [5, 5.41) is 8.74. The average molecular weight is 341 g/mol. The highest BCUT2D eigenvalue weighted by atomic mass is 19.1. The normalized spacial score (nSPS) is 12.6. The highest BCUT2D eigenvalue weighted by molar-refractivity contribution is 6.00. The molecule has 2 aromatic carbocycles. The summed E-state index contributed by atoms with van der Waals surface area (Å²) in [5.74, 6) is -1.18. The lowest BCUT2D eigenvalue weighted by Gasteiger charge is -2.17. The van der Waals surface area contributed by atoms with Crippen LogP contribution in [0.2, 0.25) is 0 Å². The van der Waals surface area contributed by atoms with Crippen LogP contribution in [0.3, 0.4) is 0 Å². The van der Waals surface area contributed by atoms with E-state index in [0.717, 1.165) is 0 Å². The maximum Gasteiger partial charge on any atom is 0.347 e. The molecule has 25 heavy (non-hydrogen) atoms. The van der Waals surface area contributed by atoms with E-state index in [1.54, 1.807) is 24.3 Å². The summed E-state index contributed by atoms with van der Waals surface area (Å²) in [7, 11) is 0. The van der Waals surface area contributed by atoms with Crippen LogP contribution in [-0.4, -0.2) is 24.0 Å². The molecule has 2 rings (SSSR count). The van der Waals surface area contributed by atoms with E-state index < -0.39 is 29.8 Å². The van der Waals surface area contributed by atoms with Crippen molar-refractivity contribution in [1.29, 1.82) is 5.26 Å². The van der Waals surface area contributed by atoms with Crippen molar-refractivity contribution >= 4 is 11.8 Å². The predicted octanol–water partition coefficient (Wildman–Crippen LogP) is 3.28. The number of Topliss-reactive ketones (excluding diaryl/α,β-unsaturated/α-hetero) is 1. The van der Waals surface area contributed by atoms with Gasteiger partial charge >= 0.3 is 5.97 Å². The number of carbonyl (C=O) groups is 2. The number of ketones is 1. The third kappa shape index (κ3) is 4.88. The smallest absolute Gasteiger partial charge is 0.347 e. The van der Waals surface area contributed by atoms with Gasteiger partial charge in [-0.3, -0.25) is 4.79 Å². The number of hydrogen-bond donors (Lipinski definition) is 0. The number of esters is 1. The summed E-state index contributed by atoms with van der Waals surface area (Å²) < 4.78 is 23.4. The maximum atomic E-state index is 12.9. The van der Waals surface area contributed by atoms with Gasteiger partial charge in [0.2, 0.25) is 5.78 Å². The number of ether oxygens (including phenoxy) is 2. The summed E-state index contributed by atoms with van der Waals surface area (Å²) in [6.45, 7) is 2.94. The number of benzene rings is 2. The minimum Gasteiger partial charge on any atom is -0.479 e. The third-order valence-corrected chi connectivity index (χ3v) is 3.42. The van der Waals surface area contributed by atoms with E-state index in [9.17, 15) is 14.0 Å². The van der Waals surface area contributed by atoms with Gasteiger partial charge < -0.3 is 9.47 Å². The molecule has 0 aliphatic rings. The molecule has 5 nitrogen and oxygen atoms in total. The molecule has 0 aliphatic carbocycles. The Hall–Kier alpha value is -3.20. The van der Waals surface area contributed by atoms with E-state index in [1.807, 2.05) is 6.07 Å². The van der Waals surface area contributed by atoms with Crippen LogP contribution in [0, 0.1) is 17.1 Å². The van der Waals surface area contributed by atoms with Crippen molar-refractivity contribution < 1.29 is 23.5 Å². The largest absolute Gasteiger partial charge is 0.479 e. The number of halogens is 1. The van der Waals surface area contributed by atoms with Crippen LogP contribution in [0.15, 0.2) is 48.5 Å². The van der Waals surface area contributed by atoms with Gasteiger partial charge in [0.25, 0.3) is 0 Å². The molecule has 0 aromatic heterocycles. The monoisotopic (exact) mass is 341 g/mol. The zero-order valence-electron chi connectivity index (χ0n) is 13.7. The summed E-state index contributed by atoms with van der Waals surface area (Å²) in [6, 6.07) is 13.2. The Kier molecular flexibility index (Phi) is 5.85. The van der Waals surface area contributed by atoms with Gasteiger partial charge in [-0.25, -0.2) is 9.18 Å². The van der Waals surface area contributed by atoms with Crippen molar-refractivity contribution in [3.8, 4) is 11.8 Å². The van der Waals surface area contributed by atoms with Crippen molar-refractivity contribution in [2.24, 2.45) is 0 Å². The minimum atomic E-state index is -1.02. The van der Waals surface area contributed by atoms with Gasteiger partial charge in [0, 0.05) is 5.56 Å². The Morgan fingerprint density at radius 1 is 1.00 bits per heavy atom. The molecule has 128 valence electrons. The van der Waals surface area contributed by atoms with Crippen LogP contribution in [0.25, 0.3) is 0 Å². The Morgan fingerprint density at radius 3 is 2.16 bits per heavy atom. The van der Waals surface area contributed by atoms with Crippen molar-refractivity contribution in [3.05, 3.63) is 65.5 Å². The molecule has 0 amide bonds. The first kappa shape index (κ1) is 18.1. The van der Waals surface area contributed by atoms with Gasteiger partial charge in [-0.15, -0.1) is 0 Å². The van der Waals surface area contributed by atoms with Crippen molar-refractivity contribution in [2.75, 3.05) is 0 Å². The summed E-state index contributed by atoms with van der Waals surface area (Å²) >= 11 is 0. The molecule has 0 unspecified atom stereocenters. The number of nitrogens with zero attached hydrogens (tertiary/aromatic N) is 1. The highest BCUT2D eigenvalue weighted by Crippen LogP contribution is 2.15. The lowest BCUT2D eigenvalue weighted by Crippen LogP contribution is -2.32. The number of nitriles is 1. The van der Waals surface area contributed by atoms with Crippen molar-refractivity contribution in [1.82, 2.24) is 0 Å². The van der Waals surface area contributed by atoms with E-state index in [4.69, 9.17) is 14.7 Å². The van der Waals surface area contributed by atoms with E-state index in [-0.39, 0.29) is 5.56 Å². The molecule has 0 N–H and O–H groups in total. The molecule has 2 aromatic rings. The Labute approximate surface area is 144 Å². The van der Waals surface area contributed by atoms with Gasteiger partial charge in [0.05, 0.1) is 11.6 Å². The summed E-state index contributed by atoms with van der Waals surface area (Å²) in [4.78, 5) is 24.2. The van der Waals surface area contributed by atoms with Gasteiger partial charge in [0.1, 0.15) is 11.6 Å². The Morgan fingerprint density at radius 2 is 1.60 bits per heavy atom. The molecule has 0 saturated carbocycles. The second kappa shape index (κ2) is 8.06. The topological polar surface area (TPSA) is 76.4 Å². The molecule has 0 radical (unpaired) electrons. The van der Waals surface area contributed by atoms with Crippen molar-refractivity contribution in [2.45, 2.75) is 26.1 Å². The lowest BCUT2D eigenvalue weighted by molar-refractivity contribution is -0.153. The summed E-state index contributed by atoms with van der Waals surface area (Å²) in [6.07, 6.45) is -1.96. The second-order valence-corrected chi connectivity index (χ2v) is 5.35. The first-order valence-electron chi connectivity index (χ1n) is 7.58. The average Bonchev–Trinajstić information content (AvgIpc) is 2.62. The van der Waals surface area contributed by atoms with Crippen LogP contribution >= 0.6 is 0 Å². The fraction of sp³-hybridized carbons (Fsp3) is 0.211. The van der Waals surface area contributed by atoms with Gasteiger partial charge in [0.15, 0.2) is 12.2 Å². The van der Waals surface area contributed by atoms with Gasteiger partial charge in [-0.2, -0.15) is 5.26 Å². The fourth-order valence-corrected chi connectivity index (χ4v) is 2.03. The van der Waals surface area contributed by atoms with E-state index in [0.29, 0.717) is 11.3 Å². The number of rotatable bonds is 6. The van der Waals surface area contributed by atoms with Crippen LogP contribution in [0.5, 0.6) is 5.75 Å². The van der Waals surface area contributed by atoms with Crippen molar-refractivity contribution in [3.63, 3.8) is 0 Å². The standard InChI is InChI=1S/C19H16FNO4/c1-12(18(22)15-5-7-16(20)8-6-15)25-19(23)13(2)24-17-9-3-14(11-21)4-10-17/h3-10,12-13H,1-2H3/t12-,13-/m0/s1. The van der Waals surface area contributed by atoms with Crippen LogP contribution in [0.1, 0.15) is 29.8 Å². The zero-order valence-corrected chi connectivity index (χ0v) is 13.7. The Bertz CT molecular complexity index is 794. The zero-order chi connectivity index (χ0) is 18.4. The first-order chi connectivity index (χ1) is 11.9. The van der Waals surface area contributed by atoms with E-state index in [1.165, 1.54) is 38.1 Å². The molecule has 0 bridgehead atoms. The van der Waals surface area contributed by atoms with E-state index in [2.05, 4.69) is 0 Å². The van der Waals surface area contributed by atoms with Gasteiger partial charge in [-0.1, -0.05) is 0 Å². The maximum absolute atomic E-state index is 12.9. The minimum absolute atomic E-state index is 0.252. The quantitative estimate of drug-likeness (QED) is 0.595. The van der Waals surface area contributed by atoms with Crippen LogP contribution in [-0.2, 0) is 9.53 Å². The molecule has 0 saturated heterocycles. The first-order valence-corrected chi connectivity index (χ1v) is 7.58. The number of hydrogen-bond acceptors (Lipinski definition) is 5. The highest BCUT2D eigenvalue weighted by Gasteiger charge is 2.24. The summed E-state index contributed by atoms with van der Waals surface area (Å²) in [5.41, 5.74) is 0.725. The molecule has 2 atom stereocenters. The second-order valence-electron chi connectivity index (χ2n) is 5.35. The molecule has 0 heterocycles. The Balaban J connectivity index is 1.94. The molecule has 0 fully saturated rings. The molecule has 0 spiro atoms. The molecular weight excluding hydrogens is 325 g/mol. The third-order valence-electron chi connectivity index (χ3n) is 3.42. The number of carbonyl (C=O) groups excluding carboxylic acids is 2. The molecule has 6 heteroatoms. The molecular formula is C19H16FNO4. The van der Waals surface area contributed by atoms with Crippen LogP contribution in [0.4, 0.5) is 4.39 Å². The predicted molar refractivity (Wildman–Crippen MR) is 87.5 cm³/mol. The molecule has 0 aliphatic heterocycles. The van der Waals surface area contributed by atoms with E-state index >= 15 is 0 Å². The lowest BCUT2D eigenvalue weighted by atomic mass is 10.1. The van der Waals surface area contributed by atoms with Crippen LogP contribution < -0.4 is 4.74 Å². The van der Waals surface area contributed by atoms with Gasteiger partial charge in [-0.05, 0) is 62.4 Å². The fourth-order valence-electron chi connectivity index (χ4n) is 2.03.